The molecule has 0 saturated heterocycles. The number of aromatic hydroxyl groups is 2. The van der Waals surface area contributed by atoms with Crippen LogP contribution in [-0.2, 0) is 0 Å². The average Bonchev–Trinajstić information content (AvgIpc) is 2.39. The molecule has 2 aromatic carbocycles. The summed E-state index contributed by atoms with van der Waals surface area (Å²) in [6.07, 6.45) is 0. The van der Waals surface area contributed by atoms with E-state index in [1.165, 1.54) is 6.07 Å². The number of aryl methyl sites for hydroxylation is 1. The molecule has 0 aliphatic rings. The Morgan fingerprint density at radius 3 is 2.35 bits per heavy atom. The zero-order valence-electron chi connectivity index (χ0n) is 10.2. The molecule has 2 rings (SSSR count). The van der Waals surface area contributed by atoms with Gasteiger partial charge in [0.1, 0.15) is 0 Å². The first-order valence-corrected chi connectivity index (χ1v) is 7.91. The molecule has 2 aromatic rings. The summed E-state index contributed by atoms with van der Waals surface area (Å²) >= 11 is 9.80. The van der Waals surface area contributed by atoms with Crippen molar-refractivity contribution in [2.45, 2.75) is 6.92 Å². The lowest BCUT2D eigenvalue weighted by Gasteiger charge is -2.11. The van der Waals surface area contributed by atoms with Crippen molar-refractivity contribution >= 4 is 53.6 Å². The fourth-order valence-corrected chi connectivity index (χ4v) is 3.08. The van der Waals surface area contributed by atoms with E-state index in [9.17, 15) is 15.0 Å². The van der Waals surface area contributed by atoms with Crippen molar-refractivity contribution < 1.29 is 15.0 Å². The van der Waals surface area contributed by atoms with Gasteiger partial charge < -0.3 is 10.2 Å². The molecule has 0 heterocycles. The number of rotatable bonds is 2. The average molecular weight is 465 g/mol. The summed E-state index contributed by atoms with van der Waals surface area (Å²) < 4.78 is 1.50. The van der Waals surface area contributed by atoms with Crippen LogP contribution in [0.3, 0.4) is 0 Å². The van der Waals surface area contributed by atoms with Gasteiger partial charge in [-0.1, -0.05) is 27.6 Å². The van der Waals surface area contributed by atoms with Gasteiger partial charge in [-0.2, -0.15) is 0 Å². The summed E-state index contributed by atoms with van der Waals surface area (Å²) in [5, 5.41) is 19.6. The minimum Gasteiger partial charge on any atom is -0.504 e. The number of phenols is 2. The lowest BCUT2D eigenvalue weighted by molar-refractivity contribution is 0.103. The normalized spacial score (nSPS) is 10.6. The minimum atomic E-state index is -0.446. The summed E-state index contributed by atoms with van der Waals surface area (Å²) in [7, 11) is 0. The van der Waals surface area contributed by atoms with E-state index in [0.29, 0.717) is 19.0 Å². The van der Waals surface area contributed by atoms with E-state index in [2.05, 4.69) is 47.8 Å². The Labute approximate surface area is 141 Å². The van der Waals surface area contributed by atoms with Crippen molar-refractivity contribution in [3.63, 3.8) is 0 Å². The van der Waals surface area contributed by atoms with E-state index in [0.717, 1.165) is 5.56 Å². The lowest BCUT2D eigenvalue weighted by atomic mass is 10.0. The molecule has 0 saturated carbocycles. The van der Waals surface area contributed by atoms with Crippen LogP contribution in [0.1, 0.15) is 21.5 Å². The molecule has 104 valence electrons. The van der Waals surface area contributed by atoms with Gasteiger partial charge in [-0.25, -0.2) is 0 Å². The van der Waals surface area contributed by atoms with E-state index in [-0.39, 0.29) is 17.1 Å². The topological polar surface area (TPSA) is 57.5 Å². The Balaban J connectivity index is 2.68. The van der Waals surface area contributed by atoms with E-state index < -0.39 is 5.75 Å². The Morgan fingerprint density at radius 1 is 1.05 bits per heavy atom. The predicted molar refractivity (Wildman–Crippen MR) is 87.5 cm³/mol. The molecule has 0 atom stereocenters. The van der Waals surface area contributed by atoms with Crippen molar-refractivity contribution in [1.82, 2.24) is 0 Å². The zero-order chi connectivity index (χ0) is 15.0. The Bertz CT molecular complexity index is 685. The van der Waals surface area contributed by atoms with Crippen molar-refractivity contribution in [1.29, 1.82) is 0 Å². The molecule has 0 radical (unpaired) electrons. The maximum absolute atomic E-state index is 12.6. The summed E-state index contributed by atoms with van der Waals surface area (Å²) in [6.45, 7) is 1.87. The highest BCUT2D eigenvalue weighted by molar-refractivity contribution is 9.13. The number of hydrogen-bond acceptors (Lipinski definition) is 3. The third-order valence-electron chi connectivity index (χ3n) is 2.77. The summed E-state index contributed by atoms with van der Waals surface area (Å²) in [4.78, 5) is 12.6. The van der Waals surface area contributed by atoms with E-state index in [1.54, 1.807) is 12.1 Å². The number of benzene rings is 2. The van der Waals surface area contributed by atoms with Crippen LogP contribution < -0.4 is 0 Å². The highest BCUT2D eigenvalue weighted by Gasteiger charge is 2.23. The van der Waals surface area contributed by atoms with Crippen LogP contribution in [0.5, 0.6) is 11.5 Å². The molecular formula is C14H9Br3O3. The third kappa shape index (κ3) is 2.77. The Hall–Kier alpha value is -0.850. The SMILES string of the molecule is Cc1ccc(Br)c(C(=O)c2c(O)c(O)cc(Br)c2Br)c1. The van der Waals surface area contributed by atoms with Gasteiger partial charge in [-0.15, -0.1) is 0 Å². The summed E-state index contributed by atoms with van der Waals surface area (Å²) in [6, 6.07) is 6.68. The van der Waals surface area contributed by atoms with Crippen molar-refractivity contribution in [2.75, 3.05) is 0 Å². The van der Waals surface area contributed by atoms with Crippen molar-refractivity contribution in [3.05, 3.63) is 54.4 Å². The Morgan fingerprint density at radius 2 is 1.70 bits per heavy atom. The largest absolute Gasteiger partial charge is 0.504 e. The molecule has 6 heteroatoms. The highest BCUT2D eigenvalue weighted by Crippen LogP contribution is 2.41. The monoisotopic (exact) mass is 462 g/mol. The molecule has 0 bridgehead atoms. The molecule has 0 fully saturated rings. The number of ketones is 1. The van der Waals surface area contributed by atoms with Crippen LogP contribution in [0, 0.1) is 6.92 Å². The second-order valence-electron chi connectivity index (χ2n) is 4.23. The van der Waals surface area contributed by atoms with Gasteiger partial charge in [0.15, 0.2) is 17.3 Å². The van der Waals surface area contributed by atoms with Crippen molar-refractivity contribution in [2.24, 2.45) is 0 Å². The summed E-state index contributed by atoms with van der Waals surface area (Å²) in [5.41, 5.74) is 1.35. The molecule has 3 nitrogen and oxygen atoms in total. The fourth-order valence-electron chi connectivity index (χ4n) is 1.76. The zero-order valence-corrected chi connectivity index (χ0v) is 15.0. The number of halogens is 3. The molecule has 20 heavy (non-hydrogen) atoms. The fraction of sp³-hybridized carbons (Fsp3) is 0.0714. The van der Waals surface area contributed by atoms with E-state index in [4.69, 9.17) is 0 Å². The first-order chi connectivity index (χ1) is 9.32. The van der Waals surface area contributed by atoms with Gasteiger partial charge in [-0.3, -0.25) is 4.79 Å². The van der Waals surface area contributed by atoms with Crippen LogP contribution in [-0.4, -0.2) is 16.0 Å². The first kappa shape index (κ1) is 15.5. The van der Waals surface area contributed by atoms with Crippen LogP contribution in [0.15, 0.2) is 37.7 Å². The molecule has 0 spiro atoms. The van der Waals surface area contributed by atoms with Crippen LogP contribution in [0.2, 0.25) is 0 Å². The van der Waals surface area contributed by atoms with E-state index >= 15 is 0 Å². The number of hydrogen-bond donors (Lipinski definition) is 2. The smallest absolute Gasteiger partial charge is 0.199 e. The molecule has 0 unspecified atom stereocenters. The third-order valence-corrected chi connectivity index (χ3v) is 5.44. The lowest BCUT2D eigenvalue weighted by Crippen LogP contribution is -2.05. The van der Waals surface area contributed by atoms with E-state index in [1.807, 2.05) is 13.0 Å². The second-order valence-corrected chi connectivity index (χ2v) is 6.73. The van der Waals surface area contributed by atoms with Crippen LogP contribution in [0.25, 0.3) is 0 Å². The maximum Gasteiger partial charge on any atom is 0.199 e. The van der Waals surface area contributed by atoms with Crippen molar-refractivity contribution in [3.8, 4) is 11.5 Å². The molecule has 0 aliphatic carbocycles. The minimum absolute atomic E-state index is 0.0168. The van der Waals surface area contributed by atoms with Crippen LogP contribution >= 0.6 is 47.8 Å². The predicted octanol–water partition coefficient (Wildman–Crippen LogP) is 4.92. The molecule has 0 aromatic heterocycles. The molecular weight excluding hydrogens is 456 g/mol. The van der Waals surface area contributed by atoms with Gasteiger partial charge in [0, 0.05) is 19.0 Å². The molecule has 2 N–H and O–H groups in total. The van der Waals surface area contributed by atoms with Gasteiger partial charge in [0.05, 0.1) is 5.56 Å². The highest BCUT2D eigenvalue weighted by atomic mass is 79.9. The maximum atomic E-state index is 12.6. The number of phenolic OH excluding ortho intramolecular Hbond substituents is 2. The summed E-state index contributed by atoms with van der Waals surface area (Å²) in [5.74, 6) is -1.19. The molecule has 0 amide bonds. The van der Waals surface area contributed by atoms with Crippen LogP contribution in [0.4, 0.5) is 0 Å². The van der Waals surface area contributed by atoms with Gasteiger partial charge >= 0.3 is 0 Å². The first-order valence-electron chi connectivity index (χ1n) is 5.53. The van der Waals surface area contributed by atoms with Gasteiger partial charge in [0.25, 0.3) is 0 Å². The standard InChI is InChI=1S/C14H9Br3O3/c1-6-2-3-8(15)7(4-6)13(19)11-12(17)9(16)5-10(18)14(11)20/h2-5,18,20H,1H3. The molecule has 0 aliphatic heterocycles. The number of carbonyl (C=O) groups excluding carboxylic acids is 1. The van der Waals surface area contributed by atoms with Gasteiger partial charge in [-0.05, 0) is 57.0 Å². The van der Waals surface area contributed by atoms with Gasteiger partial charge in [0.2, 0.25) is 0 Å². The Kier molecular flexibility index (Phi) is 4.56. The number of carbonyl (C=O) groups is 1. The quantitative estimate of drug-likeness (QED) is 0.489. The second kappa shape index (κ2) is 5.87.